The predicted octanol–water partition coefficient (Wildman–Crippen LogP) is 8.52. The molecule has 2 rings (SSSR count). The zero-order chi connectivity index (χ0) is 31.3. The first-order valence-corrected chi connectivity index (χ1v) is 17.0. The van der Waals surface area contributed by atoms with Crippen LogP contribution in [0.3, 0.4) is 0 Å². The van der Waals surface area contributed by atoms with Gasteiger partial charge in [0.1, 0.15) is 0 Å². The Morgan fingerprint density at radius 3 is 1.38 bits per heavy atom. The summed E-state index contributed by atoms with van der Waals surface area (Å²) in [6.07, 6.45) is 3.78. The van der Waals surface area contributed by atoms with Gasteiger partial charge >= 0.3 is 0 Å². The second-order valence-corrected chi connectivity index (χ2v) is 12.3. The number of hydrogen-bond acceptors (Lipinski definition) is 6. The summed E-state index contributed by atoms with van der Waals surface area (Å²) in [4.78, 5) is 0. The minimum Gasteiger partial charge on any atom is -0.493 e. The molecule has 0 aromatic heterocycles. The molecule has 240 valence electrons. The highest BCUT2D eigenvalue weighted by molar-refractivity contribution is 14.1. The summed E-state index contributed by atoms with van der Waals surface area (Å²) >= 11 is 8.54. The number of ether oxygens (including phenoxy) is 6. The van der Waals surface area contributed by atoms with E-state index in [1.807, 2.05) is 12.1 Å². The predicted molar refractivity (Wildman–Crippen MR) is 184 cm³/mol. The Bertz CT molecular complexity index is 894. The molecule has 2 aromatic carbocycles. The molecule has 0 amide bonds. The third-order valence-electron chi connectivity index (χ3n) is 7.23. The van der Waals surface area contributed by atoms with Gasteiger partial charge in [-0.3, -0.25) is 0 Å². The fourth-order valence-electron chi connectivity index (χ4n) is 4.23. The number of methoxy groups -OCH3 is 4. The maximum Gasteiger partial charge on any atom is 0.161 e. The van der Waals surface area contributed by atoms with E-state index in [0.717, 1.165) is 48.7 Å². The minimum atomic E-state index is 0.474. The van der Waals surface area contributed by atoms with Crippen molar-refractivity contribution >= 4 is 34.2 Å². The van der Waals surface area contributed by atoms with E-state index in [4.69, 9.17) is 40.0 Å². The molecule has 0 spiro atoms. The fraction of sp³-hybridized carbons (Fsp3) is 0.647. The molecule has 0 bridgehead atoms. The van der Waals surface area contributed by atoms with Gasteiger partial charge in [-0.15, -0.1) is 11.6 Å². The van der Waals surface area contributed by atoms with Gasteiger partial charge in [-0.25, -0.2) is 0 Å². The number of alkyl halides is 2. The van der Waals surface area contributed by atoms with Crippen molar-refractivity contribution in [3.05, 3.63) is 47.5 Å². The maximum absolute atomic E-state index is 6.06. The summed E-state index contributed by atoms with van der Waals surface area (Å²) in [5, 5.41) is 0. The molecule has 8 heteroatoms. The van der Waals surface area contributed by atoms with Crippen LogP contribution >= 0.6 is 34.2 Å². The van der Waals surface area contributed by atoms with Crippen LogP contribution in [-0.2, 0) is 22.3 Å². The van der Waals surface area contributed by atoms with E-state index >= 15 is 0 Å². The van der Waals surface area contributed by atoms with Crippen LogP contribution < -0.4 is 18.9 Å². The van der Waals surface area contributed by atoms with E-state index < -0.39 is 0 Å². The molecule has 6 nitrogen and oxygen atoms in total. The van der Waals surface area contributed by atoms with Gasteiger partial charge in [0, 0.05) is 50.6 Å². The SMILES string of the molecule is COCCCOc1cc(C[C@@H](CCl)C(C)C)ccc1OC.COCCCOc1cc(C[C@@H](CI)C(C)C)ccc1OC. The van der Waals surface area contributed by atoms with E-state index in [1.54, 1.807) is 28.4 Å². The number of halogens is 2. The van der Waals surface area contributed by atoms with E-state index in [9.17, 15) is 0 Å². The summed E-state index contributed by atoms with van der Waals surface area (Å²) < 4.78 is 33.6. The summed E-state index contributed by atoms with van der Waals surface area (Å²) in [7, 11) is 6.74. The Labute approximate surface area is 274 Å². The van der Waals surface area contributed by atoms with Crippen molar-refractivity contribution < 1.29 is 28.4 Å². The molecule has 2 atom stereocenters. The average Bonchev–Trinajstić information content (AvgIpc) is 2.99. The van der Waals surface area contributed by atoms with E-state index in [0.29, 0.717) is 56.0 Å². The first-order valence-electron chi connectivity index (χ1n) is 14.9. The molecule has 0 aliphatic rings. The second kappa shape index (κ2) is 23.0. The summed E-state index contributed by atoms with van der Waals surface area (Å²) in [6.45, 7) is 11.7. The van der Waals surface area contributed by atoms with Gasteiger partial charge < -0.3 is 28.4 Å². The van der Waals surface area contributed by atoms with Crippen LogP contribution in [0.4, 0.5) is 0 Å². The van der Waals surface area contributed by atoms with Crippen LogP contribution in [0.5, 0.6) is 23.0 Å². The van der Waals surface area contributed by atoms with Crippen LogP contribution in [0.25, 0.3) is 0 Å². The van der Waals surface area contributed by atoms with Crippen molar-refractivity contribution in [3.8, 4) is 23.0 Å². The smallest absolute Gasteiger partial charge is 0.161 e. The Morgan fingerprint density at radius 1 is 0.619 bits per heavy atom. The van der Waals surface area contributed by atoms with Gasteiger partial charge in [-0.1, -0.05) is 62.4 Å². The molecule has 0 saturated carbocycles. The monoisotopic (exact) mass is 720 g/mol. The Kier molecular flexibility index (Phi) is 21.2. The van der Waals surface area contributed by atoms with E-state index in [1.165, 1.54) is 15.6 Å². The highest BCUT2D eigenvalue weighted by Gasteiger charge is 2.16. The van der Waals surface area contributed by atoms with Crippen LogP contribution in [0, 0.1) is 23.7 Å². The van der Waals surface area contributed by atoms with Gasteiger partial charge in [0.05, 0.1) is 27.4 Å². The lowest BCUT2D eigenvalue weighted by Gasteiger charge is -2.19. The molecule has 0 aliphatic carbocycles. The quantitative estimate of drug-likeness (QED) is 0.0777. The van der Waals surface area contributed by atoms with Crippen LogP contribution in [0.2, 0.25) is 0 Å². The third-order valence-corrected chi connectivity index (χ3v) is 8.76. The lowest BCUT2D eigenvalue weighted by molar-refractivity contribution is 0.170. The normalized spacial score (nSPS) is 12.5. The largest absolute Gasteiger partial charge is 0.493 e. The van der Waals surface area contributed by atoms with Crippen LogP contribution in [0.15, 0.2) is 36.4 Å². The number of benzene rings is 2. The van der Waals surface area contributed by atoms with E-state index in [2.05, 4.69) is 74.6 Å². The van der Waals surface area contributed by atoms with Crippen molar-refractivity contribution in [1.29, 1.82) is 0 Å². The molecule has 0 N–H and O–H groups in total. The molecular formula is C34H54ClIO6. The Balaban J connectivity index is 0.000000420. The van der Waals surface area contributed by atoms with Crippen molar-refractivity contribution in [2.75, 3.05) is 65.2 Å². The first kappa shape index (κ1) is 38.6. The maximum atomic E-state index is 6.06. The van der Waals surface area contributed by atoms with Gasteiger partial charge in [-0.2, -0.15) is 0 Å². The lowest BCUT2D eigenvalue weighted by atomic mass is 9.91. The lowest BCUT2D eigenvalue weighted by Crippen LogP contribution is -2.13. The van der Waals surface area contributed by atoms with Gasteiger partial charge in [0.15, 0.2) is 23.0 Å². The average molecular weight is 721 g/mol. The summed E-state index contributed by atoms with van der Waals surface area (Å²) in [6, 6.07) is 12.4. The Hall–Kier alpha value is -1.42. The zero-order valence-corrected chi connectivity index (χ0v) is 30.0. The molecule has 42 heavy (non-hydrogen) atoms. The molecule has 0 radical (unpaired) electrons. The fourth-order valence-corrected chi connectivity index (χ4v) is 6.03. The van der Waals surface area contributed by atoms with Crippen molar-refractivity contribution in [2.24, 2.45) is 23.7 Å². The van der Waals surface area contributed by atoms with Crippen molar-refractivity contribution in [1.82, 2.24) is 0 Å². The van der Waals surface area contributed by atoms with Crippen molar-refractivity contribution in [2.45, 2.75) is 53.4 Å². The summed E-state index contributed by atoms with van der Waals surface area (Å²) in [5.41, 5.74) is 2.55. The number of rotatable bonds is 20. The number of hydrogen-bond donors (Lipinski definition) is 0. The van der Waals surface area contributed by atoms with E-state index in [-0.39, 0.29) is 0 Å². The van der Waals surface area contributed by atoms with Gasteiger partial charge in [0.25, 0.3) is 0 Å². The highest BCUT2D eigenvalue weighted by atomic mass is 127. The molecule has 0 fully saturated rings. The summed E-state index contributed by atoms with van der Waals surface area (Å²) in [5.74, 6) is 6.29. The molecular weight excluding hydrogens is 667 g/mol. The molecule has 0 heterocycles. The highest BCUT2D eigenvalue weighted by Crippen LogP contribution is 2.31. The second-order valence-electron chi connectivity index (χ2n) is 11.1. The Morgan fingerprint density at radius 2 is 1.05 bits per heavy atom. The molecule has 0 aliphatic heterocycles. The third kappa shape index (κ3) is 14.8. The van der Waals surface area contributed by atoms with Gasteiger partial charge in [-0.05, 0) is 71.9 Å². The minimum absolute atomic E-state index is 0.474. The molecule has 2 aromatic rings. The first-order chi connectivity index (χ1) is 20.2. The van der Waals surface area contributed by atoms with Crippen LogP contribution in [-0.4, -0.2) is 65.2 Å². The molecule has 0 unspecified atom stereocenters. The standard InChI is InChI=1S/C17H27ClO3.C17H27IO3/c2*1-13(2)15(12-18)10-14-6-7-16(20-4)17(11-14)21-9-5-8-19-3/h2*6-7,11,13,15H,5,8-10,12H2,1-4H3/t2*15-/m00/s1. The zero-order valence-electron chi connectivity index (χ0n) is 27.0. The van der Waals surface area contributed by atoms with Crippen molar-refractivity contribution in [3.63, 3.8) is 0 Å². The topological polar surface area (TPSA) is 55.4 Å². The van der Waals surface area contributed by atoms with Crippen LogP contribution in [0.1, 0.15) is 51.7 Å². The van der Waals surface area contributed by atoms with Gasteiger partial charge in [0.2, 0.25) is 0 Å². The molecule has 0 saturated heterocycles.